The Hall–Kier alpha value is -4.38. The number of carbonyl (C=O) groups is 2. The van der Waals surface area contributed by atoms with Crippen LogP contribution in [0, 0.1) is 11.8 Å². The predicted octanol–water partition coefficient (Wildman–Crippen LogP) is 2.48. The Morgan fingerprint density at radius 2 is 2.09 bits per heavy atom. The number of aromatic amines is 1. The fraction of sp³-hybridized carbons (Fsp3) is 0.200. The summed E-state index contributed by atoms with van der Waals surface area (Å²) in [7, 11) is 1.63. The molecule has 2 N–H and O–H groups in total. The molecule has 4 rings (SSSR count). The number of likely N-dealkylation sites (N-methyl/N-ethyl adjacent to an activating group) is 1. The molecule has 0 saturated heterocycles. The van der Waals surface area contributed by atoms with E-state index < -0.39 is 11.9 Å². The Morgan fingerprint density at radius 1 is 1.30 bits per heavy atom. The number of rotatable bonds is 4. The Labute approximate surface area is 191 Å². The van der Waals surface area contributed by atoms with Crippen LogP contribution >= 0.6 is 0 Å². The largest absolute Gasteiger partial charge is 0.489 e. The van der Waals surface area contributed by atoms with Gasteiger partial charge in [-0.1, -0.05) is 48.8 Å². The number of H-pyrrole nitrogens is 1. The number of benzene rings is 2. The molecule has 0 bridgehead atoms. The number of amides is 2. The standard InChI is InChI=1S/C25H23N5O3/c1-16(2)9-10-18-11-12-21-20(13-18)30(3)25(32)19(15-33-21)26-24(31)23-27-22(28-29-23)14-17-7-5-4-6-8-17/h4-8,11-13,19H,1,14-15H2,2-3H3,(H,26,31)(H,27,28,29). The molecule has 2 amide bonds. The van der Waals surface area contributed by atoms with Gasteiger partial charge in [0, 0.05) is 19.0 Å². The van der Waals surface area contributed by atoms with Gasteiger partial charge in [-0.2, -0.15) is 0 Å². The van der Waals surface area contributed by atoms with Crippen molar-refractivity contribution in [1.29, 1.82) is 0 Å². The van der Waals surface area contributed by atoms with Gasteiger partial charge in [-0.3, -0.25) is 14.7 Å². The number of hydrogen-bond donors (Lipinski definition) is 2. The molecule has 0 spiro atoms. The number of carbonyl (C=O) groups excluding carboxylic acids is 2. The minimum atomic E-state index is -0.893. The van der Waals surface area contributed by atoms with Gasteiger partial charge in [0.25, 0.3) is 11.8 Å². The monoisotopic (exact) mass is 441 g/mol. The molecule has 166 valence electrons. The van der Waals surface area contributed by atoms with Crippen molar-refractivity contribution >= 4 is 17.5 Å². The number of nitrogens with zero attached hydrogens (tertiary/aromatic N) is 3. The first-order valence-corrected chi connectivity index (χ1v) is 10.4. The summed E-state index contributed by atoms with van der Waals surface area (Å²) in [6, 6.07) is 14.2. The number of hydrogen-bond acceptors (Lipinski definition) is 5. The summed E-state index contributed by atoms with van der Waals surface area (Å²) in [6.45, 7) is 5.58. The maximum atomic E-state index is 13.0. The second-order valence-electron chi connectivity index (χ2n) is 7.72. The van der Waals surface area contributed by atoms with E-state index in [0.29, 0.717) is 23.7 Å². The molecule has 0 aliphatic carbocycles. The lowest BCUT2D eigenvalue weighted by atomic mass is 10.1. The van der Waals surface area contributed by atoms with Gasteiger partial charge in [0.1, 0.15) is 24.2 Å². The minimum Gasteiger partial charge on any atom is -0.489 e. The quantitative estimate of drug-likeness (QED) is 0.606. The Kier molecular flexibility index (Phi) is 6.22. The summed E-state index contributed by atoms with van der Waals surface area (Å²) in [5, 5.41) is 9.45. The van der Waals surface area contributed by atoms with Crippen molar-refractivity contribution in [1.82, 2.24) is 20.5 Å². The summed E-state index contributed by atoms with van der Waals surface area (Å²) in [4.78, 5) is 31.5. The Morgan fingerprint density at radius 3 is 2.85 bits per heavy atom. The zero-order valence-electron chi connectivity index (χ0n) is 18.4. The summed E-state index contributed by atoms with van der Waals surface area (Å²) < 4.78 is 5.81. The van der Waals surface area contributed by atoms with Gasteiger partial charge in [0.15, 0.2) is 0 Å². The number of allylic oxidation sites excluding steroid dienone is 1. The van der Waals surface area contributed by atoms with Crippen LogP contribution < -0.4 is 15.0 Å². The number of ether oxygens (including phenoxy) is 1. The maximum Gasteiger partial charge on any atom is 0.291 e. The smallest absolute Gasteiger partial charge is 0.291 e. The predicted molar refractivity (Wildman–Crippen MR) is 124 cm³/mol. The normalized spacial score (nSPS) is 14.9. The average Bonchev–Trinajstić information content (AvgIpc) is 3.24. The fourth-order valence-corrected chi connectivity index (χ4v) is 3.35. The van der Waals surface area contributed by atoms with E-state index >= 15 is 0 Å². The van der Waals surface area contributed by atoms with E-state index in [1.54, 1.807) is 19.2 Å². The van der Waals surface area contributed by atoms with Gasteiger partial charge < -0.3 is 15.0 Å². The van der Waals surface area contributed by atoms with Crippen molar-refractivity contribution in [2.45, 2.75) is 19.4 Å². The van der Waals surface area contributed by atoms with Crippen LogP contribution in [0.25, 0.3) is 0 Å². The van der Waals surface area contributed by atoms with Crippen molar-refractivity contribution in [3.05, 3.63) is 83.5 Å². The zero-order valence-corrected chi connectivity index (χ0v) is 18.4. The molecule has 33 heavy (non-hydrogen) atoms. The van der Waals surface area contributed by atoms with Gasteiger partial charge in [-0.15, -0.1) is 5.10 Å². The second-order valence-corrected chi connectivity index (χ2v) is 7.72. The summed E-state index contributed by atoms with van der Waals surface area (Å²) in [5.74, 6) is 6.11. The summed E-state index contributed by atoms with van der Waals surface area (Å²) >= 11 is 0. The zero-order chi connectivity index (χ0) is 23.4. The Bertz CT molecular complexity index is 1270. The molecule has 0 fully saturated rings. The second kappa shape index (κ2) is 9.40. The highest BCUT2D eigenvalue weighted by Crippen LogP contribution is 2.31. The highest BCUT2D eigenvalue weighted by atomic mass is 16.5. The molecule has 8 nitrogen and oxygen atoms in total. The third-order valence-electron chi connectivity index (χ3n) is 5.03. The van der Waals surface area contributed by atoms with Crippen LogP contribution in [0.5, 0.6) is 5.75 Å². The number of anilines is 1. The molecule has 0 saturated carbocycles. The van der Waals surface area contributed by atoms with Crippen LogP contribution in [-0.2, 0) is 11.2 Å². The van der Waals surface area contributed by atoms with E-state index in [1.165, 1.54) is 4.90 Å². The van der Waals surface area contributed by atoms with Crippen molar-refractivity contribution in [2.24, 2.45) is 0 Å². The van der Waals surface area contributed by atoms with Gasteiger partial charge in [-0.05, 0) is 36.3 Å². The molecule has 1 aliphatic heterocycles. The first-order valence-electron chi connectivity index (χ1n) is 10.4. The number of nitrogens with one attached hydrogen (secondary N) is 2. The van der Waals surface area contributed by atoms with Crippen molar-refractivity contribution in [3.63, 3.8) is 0 Å². The lowest BCUT2D eigenvalue weighted by Gasteiger charge is -2.20. The van der Waals surface area contributed by atoms with Crippen LogP contribution in [0.3, 0.4) is 0 Å². The molecule has 2 heterocycles. The van der Waals surface area contributed by atoms with Crippen LogP contribution in [0.1, 0.15) is 34.5 Å². The third kappa shape index (κ3) is 5.10. The summed E-state index contributed by atoms with van der Waals surface area (Å²) in [5.41, 5.74) is 3.09. The highest BCUT2D eigenvalue weighted by Gasteiger charge is 2.31. The third-order valence-corrected chi connectivity index (χ3v) is 5.03. The Balaban J connectivity index is 1.46. The lowest BCUT2D eigenvalue weighted by molar-refractivity contribution is -0.120. The maximum absolute atomic E-state index is 13.0. The highest BCUT2D eigenvalue weighted by molar-refractivity contribution is 6.02. The van der Waals surface area contributed by atoms with Gasteiger partial charge in [-0.25, -0.2) is 4.98 Å². The first kappa shape index (κ1) is 21.8. The van der Waals surface area contributed by atoms with Crippen LogP contribution in [0.15, 0.2) is 60.7 Å². The van der Waals surface area contributed by atoms with Crippen LogP contribution in [0.4, 0.5) is 5.69 Å². The fourth-order valence-electron chi connectivity index (χ4n) is 3.35. The average molecular weight is 441 g/mol. The van der Waals surface area contributed by atoms with Crippen molar-refractivity contribution in [2.75, 3.05) is 18.6 Å². The minimum absolute atomic E-state index is 0.0139. The van der Waals surface area contributed by atoms with E-state index in [-0.39, 0.29) is 18.3 Å². The topological polar surface area (TPSA) is 100 Å². The van der Waals surface area contributed by atoms with Gasteiger partial charge >= 0.3 is 0 Å². The van der Waals surface area contributed by atoms with Crippen LogP contribution in [0.2, 0.25) is 0 Å². The molecule has 1 atom stereocenters. The number of fused-ring (bicyclic) bond motifs is 1. The molecular weight excluding hydrogens is 418 g/mol. The molecule has 0 radical (unpaired) electrons. The molecule has 8 heteroatoms. The summed E-state index contributed by atoms with van der Waals surface area (Å²) in [6.07, 6.45) is 0.515. The number of aromatic nitrogens is 3. The van der Waals surface area contributed by atoms with Crippen molar-refractivity contribution in [3.8, 4) is 17.6 Å². The van der Waals surface area contributed by atoms with Crippen molar-refractivity contribution < 1.29 is 14.3 Å². The van der Waals surface area contributed by atoms with Gasteiger partial charge in [0.2, 0.25) is 5.82 Å². The van der Waals surface area contributed by atoms with Gasteiger partial charge in [0.05, 0.1) is 5.69 Å². The van der Waals surface area contributed by atoms with E-state index in [2.05, 4.69) is 38.9 Å². The van der Waals surface area contributed by atoms with Crippen LogP contribution in [-0.4, -0.2) is 46.7 Å². The molecular formula is C25H23N5O3. The SMILES string of the molecule is C=C(C)C#Cc1ccc2c(c1)N(C)C(=O)C(NC(=O)c1n[nH]c(Cc3ccccc3)n1)CO2. The molecule has 1 aromatic heterocycles. The first-order chi connectivity index (χ1) is 15.9. The molecule has 1 unspecified atom stereocenters. The van der Waals surface area contributed by atoms with E-state index in [0.717, 1.165) is 16.7 Å². The molecule has 3 aromatic rings. The molecule has 1 aliphatic rings. The van der Waals surface area contributed by atoms with E-state index in [9.17, 15) is 9.59 Å². The van der Waals surface area contributed by atoms with E-state index in [1.807, 2.05) is 43.3 Å². The molecule has 2 aromatic carbocycles. The lowest BCUT2D eigenvalue weighted by Crippen LogP contribution is -2.49. The van der Waals surface area contributed by atoms with E-state index in [4.69, 9.17) is 4.74 Å².